The number of ether oxygens (including phenoxy) is 1. The molecule has 0 aliphatic heterocycles. The molecule has 7 atom stereocenters. The van der Waals surface area contributed by atoms with Gasteiger partial charge in [-0.1, -0.05) is 104 Å². The second-order valence-corrected chi connectivity index (χ2v) is 11.9. The maximum absolute atomic E-state index is 12.5. The fourth-order valence-electron chi connectivity index (χ4n) is 5.86. The van der Waals surface area contributed by atoms with Crippen LogP contribution in [0.25, 0.3) is 0 Å². The van der Waals surface area contributed by atoms with E-state index >= 15 is 0 Å². The average Bonchev–Trinajstić information content (AvgIpc) is 3.61. The Morgan fingerprint density at radius 3 is 2.32 bits per heavy atom. The van der Waals surface area contributed by atoms with Crippen molar-refractivity contribution in [1.29, 1.82) is 0 Å². The van der Waals surface area contributed by atoms with Gasteiger partial charge in [0.1, 0.15) is 5.78 Å². The molecule has 2 fully saturated rings. The third-order valence-electron chi connectivity index (χ3n) is 8.67. The molecule has 0 saturated heterocycles. The lowest BCUT2D eigenvalue weighted by Gasteiger charge is -2.20. The highest BCUT2D eigenvalue weighted by molar-refractivity contribution is 5.84. The molecule has 2 N–H and O–H groups in total. The van der Waals surface area contributed by atoms with E-state index in [0.29, 0.717) is 12.5 Å². The summed E-state index contributed by atoms with van der Waals surface area (Å²) in [6.07, 6.45) is 20.5. The third kappa shape index (κ3) is 12.0. The summed E-state index contributed by atoms with van der Waals surface area (Å²) in [6, 6.07) is 0. The number of esters is 1. The molecule has 0 aromatic rings. The number of rotatable bonds is 21. The van der Waals surface area contributed by atoms with Crippen molar-refractivity contribution in [1.82, 2.24) is 0 Å². The Morgan fingerprint density at radius 1 is 0.973 bits per heavy atom. The lowest BCUT2D eigenvalue weighted by atomic mass is 9.87. The number of ketones is 1. The van der Waals surface area contributed by atoms with Crippen LogP contribution in [0, 0.1) is 29.6 Å². The van der Waals surface area contributed by atoms with E-state index in [1.165, 1.54) is 38.5 Å². The van der Waals surface area contributed by atoms with Crippen molar-refractivity contribution in [3.05, 3.63) is 12.2 Å². The van der Waals surface area contributed by atoms with Crippen LogP contribution < -0.4 is 0 Å². The van der Waals surface area contributed by atoms with E-state index in [2.05, 4.69) is 20.8 Å². The van der Waals surface area contributed by atoms with Gasteiger partial charge in [-0.05, 0) is 43.9 Å². The van der Waals surface area contributed by atoms with E-state index in [1.807, 2.05) is 6.08 Å². The zero-order valence-electron chi connectivity index (χ0n) is 24.0. The number of aliphatic hydroxyl groups excluding tert-OH is 2. The molecule has 0 radical (unpaired) electrons. The quantitative estimate of drug-likeness (QED) is 0.0951. The minimum Gasteiger partial charge on any atom is -0.465 e. The van der Waals surface area contributed by atoms with Crippen LogP contribution in [0.1, 0.15) is 130 Å². The van der Waals surface area contributed by atoms with Crippen molar-refractivity contribution in [3.63, 3.8) is 0 Å². The van der Waals surface area contributed by atoms with Crippen molar-refractivity contribution < 1.29 is 24.5 Å². The SMILES string of the molecule is CCCCCCCCCCOC(=O)[C@@H]1C[C@H]1CCCC[C@H]1C(=O)C[C@@H](O)[C@@H]1/C=C/[C@@H](O)[C@H](C)CCCC. The molecule has 37 heavy (non-hydrogen) atoms. The van der Waals surface area contributed by atoms with Crippen LogP contribution in [-0.2, 0) is 14.3 Å². The molecule has 2 aliphatic rings. The molecular formula is C32H56O5. The molecule has 0 aromatic heterocycles. The highest BCUT2D eigenvalue weighted by Gasteiger charge is 2.44. The number of carbonyl (C=O) groups excluding carboxylic acids is 2. The number of unbranched alkanes of at least 4 members (excludes halogenated alkanes) is 9. The number of aliphatic hydroxyl groups is 2. The molecule has 0 heterocycles. The zero-order valence-corrected chi connectivity index (χ0v) is 24.0. The molecular weight excluding hydrogens is 464 g/mol. The Bertz CT molecular complexity index is 674. The average molecular weight is 521 g/mol. The van der Waals surface area contributed by atoms with Gasteiger partial charge in [0.25, 0.3) is 0 Å². The van der Waals surface area contributed by atoms with Gasteiger partial charge in [0.05, 0.1) is 24.7 Å². The number of hydrogen-bond donors (Lipinski definition) is 2. The van der Waals surface area contributed by atoms with E-state index in [4.69, 9.17) is 4.74 Å². The fraction of sp³-hybridized carbons (Fsp3) is 0.875. The summed E-state index contributed by atoms with van der Waals surface area (Å²) in [7, 11) is 0. The highest BCUT2D eigenvalue weighted by Crippen LogP contribution is 2.44. The maximum atomic E-state index is 12.5. The molecule has 0 amide bonds. The molecule has 2 aliphatic carbocycles. The zero-order chi connectivity index (χ0) is 27.0. The summed E-state index contributed by atoms with van der Waals surface area (Å²) < 4.78 is 5.51. The van der Waals surface area contributed by atoms with Crippen LogP contribution in [0.4, 0.5) is 0 Å². The number of Topliss-reactive ketones (excluding diaryl/α,β-unsaturated/α-hetero) is 1. The largest absolute Gasteiger partial charge is 0.465 e. The van der Waals surface area contributed by atoms with Crippen LogP contribution in [-0.4, -0.2) is 40.8 Å². The Morgan fingerprint density at radius 2 is 1.62 bits per heavy atom. The van der Waals surface area contributed by atoms with Crippen LogP contribution in [0.3, 0.4) is 0 Å². The molecule has 5 nitrogen and oxygen atoms in total. The molecule has 0 spiro atoms. The van der Waals surface area contributed by atoms with Crippen LogP contribution in [0.15, 0.2) is 12.2 Å². The first-order chi connectivity index (χ1) is 17.9. The monoisotopic (exact) mass is 520 g/mol. The van der Waals surface area contributed by atoms with Crippen molar-refractivity contribution in [2.24, 2.45) is 29.6 Å². The normalized spacial score (nSPS) is 27.1. The van der Waals surface area contributed by atoms with E-state index in [9.17, 15) is 19.8 Å². The molecule has 5 heteroatoms. The smallest absolute Gasteiger partial charge is 0.309 e. The Labute approximate surface area is 226 Å². The highest BCUT2D eigenvalue weighted by atomic mass is 16.5. The van der Waals surface area contributed by atoms with Crippen LogP contribution >= 0.6 is 0 Å². The summed E-state index contributed by atoms with van der Waals surface area (Å²) >= 11 is 0. The van der Waals surface area contributed by atoms with Crippen molar-refractivity contribution >= 4 is 11.8 Å². The van der Waals surface area contributed by atoms with Gasteiger partial charge in [-0.3, -0.25) is 9.59 Å². The van der Waals surface area contributed by atoms with E-state index < -0.39 is 12.2 Å². The van der Waals surface area contributed by atoms with Crippen molar-refractivity contribution in [2.75, 3.05) is 6.61 Å². The van der Waals surface area contributed by atoms with Crippen molar-refractivity contribution in [2.45, 2.75) is 142 Å². The molecule has 0 aromatic carbocycles. The number of hydrogen-bond acceptors (Lipinski definition) is 5. The van der Waals surface area contributed by atoms with E-state index in [1.54, 1.807) is 6.08 Å². The van der Waals surface area contributed by atoms with Gasteiger partial charge in [0.2, 0.25) is 0 Å². The minimum absolute atomic E-state index is 0.0148. The fourth-order valence-corrected chi connectivity index (χ4v) is 5.86. The maximum Gasteiger partial charge on any atom is 0.309 e. The molecule has 2 saturated carbocycles. The lowest BCUT2D eigenvalue weighted by Crippen LogP contribution is -2.20. The van der Waals surface area contributed by atoms with Gasteiger partial charge >= 0.3 is 5.97 Å². The third-order valence-corrected chi connectivity index (χ3v) is 8.67. The standard InChI is InChI=1S/C32H56O5/c1-4-6-8-9-10-11-12-15-21-37-32(36)28-22-25(28)17-13-14-18-26-27(31(35)23-30(26)34)19-20-29(33)24(3)16-7-5-2/h19-20,24-29,31,33,35H,4-18,21-23H2,1-3H3/b20-19+/t24-,25-,26-,27-,28-,29-,31-/m1/s1. The molecule has 214 valence electrons. The summed E-state index contributed by atoms with van der Waals surface area (Å²) in [6.45, 7) is 7.00. The summed E-state index contributed by atoms with van der Waals surface area (Å²) in [5, 5.41) is 20.9. The second kappa shape index (κ2) is 18.2. The topological polar surface area (TPSA) is 83.8 Å². The summed E-state index contributed by atoms with van der Waals surface area (Å²) in [5.41, 5.74) is 0. The van der Waals surface area contributed by atoms with E-state index in [0.717, 1.165) is 64.2 Å². The van der Waals surface area contributed by atoms with E-state index in [-0.39, 0.29) is 41.8 Å². The van der Waals surface area contributed by atoms with Gasteiger partial charge in [-0.15, -0.1) is 0 Å². The van der Waals surface area contributed by atoms with Gasteiger partial charge in [-0.25, -0.2) is 0 Å². The first-order valence-corrected chi connectivity index (χ1v) is 15.6. The second-order valence-electron chi connectivity index (χ2n) is 11.9. The lowest BCUT2D eigenvalue weighted by molar-refractivity contribution is -0.145. The number of carbonyl (C=O) groups is 2. The Kier molecular flexibility index (Phi) is 15.7. The first-order valence-electron chi connectivity index (χ1n) is 15.6. The van der Waals surface area contributed by atoms with Crippen LogP contribution in [0.2, 0.25) is 0 Å². The predicted octanol–water partition coefficient (Wildman–Crippen LogP) is 7.18. The van der Waals surface area contributed by atoms with Crippen molar-refractivity contribution in [3.8, 4) is 0 Å². The summed E-state index contributed by atoms with van der Waals surface area (Å²) in [4.78, 5) is 24.8. The Hall–Kier alpha value is -1.20. The summed E-state index contributed by atoms with van der Waals surface area (Å²) in [5.74, 6) is 0.476. The van der Waals surface area contributed by atoms with Crippen LogP contribution in [0.5, 0.6) is 0 Å². The van der Waals surface area contributed by atoms with Gasteiger partial charge in [0.15, 0.2) is 0 Å². The molecule has 0 bridgehead atoms. The minimum atomic E-state index is -0.643. The first kappa shape index (κ1) is 32.0. The van der Waals surface area contributed by atoms with Gasteiger partial charge in [-0.2, -0.15) is 0 Å². The predicted molar refractivity (Wildman–Crippen MR) is 150 cm³/mol. The van der Waals surface area contributed by atoms with Gasteiger partial charge in [0, 0.05) is 18.3 Å². The Balaban J connectivity index is 1.58. The van der Waals surface area contributed by atoms with Gasteiger partial charge < -0.3 is 14.9 Å². The molecule has 0 unspecified atom stereocenters. The molecule has 2 rings (SSSR count).